The molecule has 0 aliphatic carbocycles. The molecule has 0 fully saturated rings. The largest absolute Gasteiger partial charge is 0.383 e. The van der Waals surface area contributed by atoms with Crippen LogP contribution in [-0.4, -0.2) is 34.1 Å². The highest BCUT2D eigenvalue weighted by atomic mass is 35.5. The molecule has 0 spiro atoms. The molecule has 3 heterocycles. The molecule has 0 amide bonds. The first-order valence-corrected chi connectivity index (χ1v) is 6.44. The quantitative estimate of drug-likeness (QED) is 0.585. The van der Waals surface area contributed by atoms with Gasteiger partial charge in [0, 0.05) is 12.4 Å². The summed E-state index contributed by atoms with van der Waals surface area (Å²) in [5.74, 6) is -0.154. The van der Waals surface area contributed by atoms with Crippen molar-refractivity contribution in [3.63, 3.8) is 0 Å². The van der Waals surface area contributed by atoms with Gasteiger partial charge in [0.1, 0.15) is 11.6 Å². The molecule has 0 saturated heterocycles. The van der Waals surface area contributed by atoms with Crippen LogP contribution in [0.4, 0.5) is 11.6 Å². The molecule has 0 bridgehead atoms. The standard InChI is InChI=1S/C11H8ClN9O2/c12-7-17-8(20-3-1-5(13)15-10(20)22)19-9(18-7)21-4-2-6(14)16-11(21)23/h1-4H,(H2,13,15,22)(H2,14,16,23). The summed E-state index contributed by atoms with van der Waals surface area (Å²) in [6, 6.07) is 2.77. The second-order valence-electron chi connectivity index (χ2n) is 4.21. The number of hydrogen-bond acceptors (Lipinski definition) is 9. The minimum absolute atomic E-state index is 0.0468. The van der Waals surface area contributed by atoms with E-state index in [1.165, 1.54) is 24.5 Å². The molecule has 4 N–H and O–H groups in total. The number of hydrogen-bond donors (Lipinski definition) is 2. The number of aromatic nitrogens is 7. The molecule has 116 valence electrons. The summed E-state index contributed by atoms with van der Waals surface area (Å²) in [6.07, 6.45) is 2.65. The summed E-state index contributed by atoms with van der Waals surface area (Å²) in [5, 5.41) is -0.225. The van der Waals surface area contributed by atoms with Gasteiger partial charge in [0.2, 0.25) is 17.2 Å². The van der Waals surface area contributed by atoms with E-state index in [2.05, 4.69) is 24.9 Å². The van der Waals surface area contributed by atoms with Crippen LogP contribution in [0.2, 0.25) is 5.28 Å². The highest BCUT2D eigenvalue weighted by Gasteiger charge is 2.12. The maximum Gasteiger partial charge on any atom is 0.356 e. The Kier molecular flexibility index (Phi) is 3.46. The number of rotatable bonds is 2. The molecule has 0 saturated carbocycles. The molecular weight excluding hydrogens is 326 g/mol. The summed E-state index contributed by atoms with van der Waals surface area (Å²) in [6.45, 7) is 0. The molecule has 0 aliphatic heterocycles. The van der Waals surface area contributed by atoms with Crippen molar-refractivity contribution in [3.8, 4) is 11.9 Å². The van der Waals surface area contributed by atoms with Gasteiger partial charge in [-0.05, 0) is 23.7 Å². The van der Waals surface area contributed by atoms with Crippen molar-refractivity contribution in [1.82, 2.24) is 34.1 Å². The predicted molar refractivity (Wildman–Crippen MR) is 80.4 cm³/mol. The summed E-state index contributed by atoms with van der Waals surface area (Å²) < 4.78 is 2.01. The fourth-order valence-corrected chi connectivity index (χ4v) is 1.83. The lowest BCUT2D eigenvalue weighted by Crippen LogP contribution is -2.27. The van der Waals surface area contributed by atoms with Gasteiger partial charge in [-0.25, -0.2) is 18.7 Å². The van der Waals surface area contributed by atoms with Crippen molar-refractivity contribution < 1.29 is 0 Å². The summed E-state index contributed by atoms with van der Waals surface area (Å²) in [7, 11) is 0. The van der Waals surface area contributed by atoms with Crippen molar-refractivity contribution in [2.24, 2.45) is 0 Å². The average molecular weight is 334 g/mol. The molecule has 3 aromatic rings. The predicted octanol–water partition coefficient (Wildman–Crippen LogP) is -1.22. The van der Waals surface area contributed by atoms with Crippen molar-refractivity contribution in [3.05, 3.63) is 50.8 Å². The van der Waals surface area contributed by atoms with Gasteiger partial charge < -0.3 is 11.5 Å². The van der Waals surface area contributed by atoms with Crippen molar-refractivity contribution >= 4 is 23.2 Å². The molecule has 3 rings (SSSR count). The topological polar surface area (TPSA) is 160 Å². The lowest BCUT2D eigenvalue weighted by molar-refractivity contribution is 0.779. The molecule has 0 radical (unpaired) electrons. The first kappa shape index (κ1) is 14.6. The van der Waals surface area contributed by atoms with E-state index < -0.39 is 11.4 Å². The zero-order valence-corrected chi connectivity index (χ0v) is 12.0. The van der Waals surface area contributed by atoms with Gasteiger partial charge in [0.15, 0.2) is 0 Å². The van der Waals surface area contributed by atoms with E-state index in [-0.39, 0.29) is 28.8 Å². The Morgan fingerprint density at radius 3 is 1.61 bits per heavy atom. The number of halogens is 1. The minimum atomic E-state index is -0.707. The van der Waals surface area contributed by atoms with Crippen LogP contribution in [0.25, 0.3) is 11.9 Å². The van der Waals surface area contributed by atoms with E-state index >= 15 is 0 Å². The Morgan fingerprint density at radius 1 is 0.783 bits per heavy atom. The van der Waals surface area contributed by atoms with E-state index in [4.69, 9.17) is 23.1 Å². The molecule has 23 heavy (non-hydrogen) atoms. The van der Waals surface area contributed by atoms with Crippen LogP contribution in [0.15, 0.2) is 34.1 Å². The number of nitrogens with zero attached hydrogens (tertiary/aromatic N) is 7. The second kappa shape index (κ2) is 5.46. The molecule has 0 aromatic carbocycles. The van der Waals surface area contributed by atoms with Crippen LogP contribution in [0.1, 0.15) is 0 Å². The smallest absolute Gasteiger partial charge is 0.356 e. The summed E-state index contributed by atoms with van der Waals surface area (Å²) in [5.41, 5.74) is 9.43. The zero-order valence-electron chi connectivity index (χ0n) is 11.3. The normalized spacial score (nSPS) is 10.7. The molecule has 3 aromatic heterocycles. The SMILES string of the molecule is Nc1ccn(-c2nc(Cl)nc(-n3ccc(N)nc3=O)n2)c(=O)n1. The van der Waals surface area contributed by atoms with Crippen molar-refractivity contribution in [2.75, 3.05) is 11.5 Å². The Labute approximate surface area is 132 Å². The molecule has 11 nitrogen and oxygen atoms in total. The number of anilines is 2. The first-order chi connectivity index (χ1) is 10.9. The Balaban J connectivity index is 2.20. The van der Waals surface area contributed by atoms with Crippen molar-refractivity contribution in [2.45, 2.75) is 0 Å². The van der Waals surface area contributed by atoms with E-state index in [9.17, 15) is 9.59 Å². The summed E-state index contributed by atoms with van der Waals surface area (Å²) >= 11 is 5.83. The van der Waals surface area contributed by atoms with Gasteiger partial charge >= 0.3 is 11.4 Å². The summed E-state index contributed by atoms with van der Waals surface area (Å²) in [4.78, 5) is 42.5. The van der Waals surface area contributed by atoms with E-state index in [0.29, 0.717) is 0 Å². The molecule has 12 heteroatoms. The van der Waals surface area contributed by atoms with Gasteiger partial charge in [0.25, 0.3) is 0 Å². The lowest BCUT2D eigenvalue weighted by atomic mass is 10.6. The van der Waals surface area contributed by atoms with Gasteiger partial charge in [-0.3, -0.25) is 0 Å². The van der Waals surface area contributed by atoms with E-state index in [0.717, 1.165) is 9.13 Å². The van der Waals surface area contributed by atoms with Crippen LogP contribution in [-0.2, 0) is 0 Å². The lowest BCUT2D eigenvalue weighted by Gasteiger charge is -2.07. The van der Waals surface area contributed by atoms with E-state index in [1.807, 2.05) is 0 Å². The fraction of sp³-hybridized carbons (Fsp3) is 0. The highest BCUT2D eigenvalue weighted by molar-refractivity contribution is 6.28. The van der Waals surface area contributed by atoms with Gasteiger partial charge in [-0.2, -0.15) is 24.9 Å². The van der Waals surface area contributed by atoms with Gasteiger partial charge in [-0.15, -0.1) is 0 Å². The first-order valence-electron chi connectivity index (χ1n) is 6.07. The van der Waals surface area contributed by atoms with Crippen LogP contribution in [0, 0.1) is 0 Å². The van der Waals surface area contributed by atoms with Crippen LogP contribution in [0.3, 0.4) is 0 Å². The van der Waals surface area contributed by atoms with Gasteiger partial charge in [0.05, 0.1) is 0 Å². The third-order valence-electron chi connectivity index (χ3n) is 2.67. The maximum absolute atomic E-state index is 11.8. The Morgan fingerprint density at radius 2 is 1.22 bits per heavy atom. The average Bonchev–Trinajstić information content (AvgIpc) is 2.46. The Hall–Kier alpha value is -3.34. The number of nitrogen functional groups attached to an aromatic ring is 2. The molecular formula is C11H8ClN9O2. The van der Waals surface area contributed by atoms with Crippen LogP contribution >= 0.6 is 11.6 Å². The third kappa shape index (κ3) is 2.85. The van der Waals surface area contributed by atoms with Crippen LogP contribution in [0.5, 0.6) is 0 Å². The van der Waals surface area contributed by atoms with Crippen LogP contribution < -0.4 is 22.8 Å². The maximum atomic E-state index is 11.8. The van der Waals surface area contributed by atoms with E-state index in [1.54, 1.807) is 0 Å². The Bertz CT molecular complexity index is 935. The third-order valence-corrected chi connectivity index (χ3v) is 2.83. The zero-order chi connectivity index (χ0) is 16.6. The number of nitrogens with two attached hydrogens (primary N) is 2. The second-order valence-corrected chi connectivity index (χ2v) is 4.55. The fourth-order valence-electron chi connectivity index (χ4n) is 1.68. The van der Waals surface area contributed by atoms with Gasteiger partial charge in [-0.1, -0.05) is 0 Å². The van der Waals surface area contributed by atoms with Crippen molar-refractivity contribution in [1.29, 1.82) is 0 Å². The molecule has 0 aliphatic rings. The minimum Gasteiger partial charge on any atom is -0.383 e. The highest BCUT2D eigenvalue weighted by Crippen LogP contribution is 2.08. The molecule has 0 atom stereocenters. The monoisotopic (exact) mass is 333 g/mol. The molecule has 0 unspecified atom stereocenters.